The van der Waals surface area contributed by atoms with E-state index in [1.165, 1.54) is 32.0 Å². The van der Waals surface area contributed by atoms with Crippen LogP contribution in [0.1, 0.15) is 39.5 Å². The molecule has 1 unspecified atom stereocenters. The van der Waals surface area contributed by atoms with Crippen molar-refractivity contribution >= 4 is 5.69 Å². The summed E-state index contributed by atoms with van der Waals surface area (Å²) in [5.41, 5.74) is 1.45. The van der Waals surface area contributed by atoms with Gasteiger partial charge in [0, 0.05) is 12.2 Å². The Labute approximate surface area is 119 Å². The van der Waals surface area contributed by atoms with Crippen LogP contribution in [-0.2, 0) is 0 Å². The highest BCUT2D eigenvalue weighted by Crippen LogP contribution is 2.36. The van der Waals surface area contributed by atoms with Gasteiger partial charge >= 0.3 is 0 Å². The van der Waals surface area contributed by atoms with Gasteiger partial charge in [-0.05, 0) is 36.8 Å². The van der Waals surface area contributed by atoms with E-state index in [9.17, 15) is 0 Å². The quantitative estimate of drug-likeness (QED) is 0.932. The van der Waals surface area contributed by atoms with Crippen molar-refractivity contribution in [1.82, 2.24) is 19.7 Å². The summed E-state index contributed by atoms with van der Waals surface area (Å²) in [5.74, 6) is 0.813. The van der Waals surface area contributed by atoms with E-state index in [0.717, 1.165) is 11.5 Å². The molecular formula is C15H21N5. The van der Waals surface area contributed by atoms with E-state index in [0.29, 0.717) is 11.5 Å². The largest absolute Gasteiger partial charge is 0.379 e. The molecule has 5 nitrogen and oxygen atoms in total. The van der Waals surface area contributed by atoms with Crippen molar-refractivity contribution in [2.24, 2.45) is 5.41 Å². The Morgan fingerprint density at radius 2 is 2.30 bits per heavy atom. The Balaban J connectivity index is 1.81. The van der Waals surface area contributed by atoms with Crippen molar-refractivity contribution in [3.05, 3.63) is 31.0 Å². The van der Waals surface area contributed by atoms with Crippen LogP contribution in [0.15, 0.2) is 31.0 Å². The van der Waals surface area contributed by atoms with Gasteiger partial charge in [-0.15, -0.1) is 0 Å². The van der Waals surface area contributed by atoms with Crippen molar-refractivity contribution < 1.29 is 0 Å². The fourth-order valence-electron chi connectivity index (χ4n) is 3.05. The third-order valence-corrected chi connectivity index (χ3v) is 3.99. The number of hydrogen-bond acceptors (Lipinski definition) is 4. The molecule has 106 valence electrons. The zero-order chi connectivity index (χ0) is 14.0. The number of nitrogens with one attached hydrogen (secondary N) is 1. The van der Waals surface area contributed by atoms with Crippen molar-refractivity contribution in [2.45, 2.75) is 45.6 Å². The van der Waals surface area contributed by atoms with E-state index in [2.05, 4.69) is 40.3 Å². The molecule has 2 heterocycles. The number of anilines is 1. The van der Waals surface area contributed by atoms with Gasteiger partial charge in [0.1, 0.15) is 12.7 Å². The van der Waals surface area contributed by atoms with Gasteiger partial charge in [-0.2, -0.15) is 5.10 Å². The second kappa shape index (κ2) is 5.23. The summed E-state index contributed by atoms with van der Waals surface area (Å²) < 4.78 is 1.70. The van der Waals surface area contributed by atoms with Crippen molar-refractivity contribution in [2.75, 3.05) is 5.32 Å². The standard InChI is InChI=1S/C15H21N5/c1-15(2)7-3-5-12(9-15)19-13-6-4-8-17-14(13)20-11-16-10-18-20/h4,6,8,10-12,19H,3,5,7,9H2,1-2H3. The summed E-state index contributed by atoms with van der Waals surface area (Å²) in [7, 11) is 0. The molecule has 0 amide bonds. The maximum absolute atomic E-state index is 4.42. The number of rotatable bonds is 3. The maximum atomic E-state index is 4.42. The average Bonchev–Trinajstić information content (AvgIpc) is 2.92. The lowest BCUT2D eigenvalue weighted by Crippen LogP contribution is -2.32. The molecule has 1 aliphatic rings. The molecule has 2 aromatic heterocycles. The first-order chi connectivity index (χ1) is 9.64. The Kier molecular flexibility index (Phi) is 3.42. The molecule has 5 heteroatoms. The molecule has 1 fully saturated rings. The minimum atomic E-state index is 0.422. The predicted octanol–water partition coefficient (Wildman–Crippen LogP) is 3.04. The van der Waals surface area contributed by atoms with Gasteiger partial charge in [-0.3, -0.25) is 0 Å². The van der Waals surface area contributed by atoms with Crippen LogP contribution in [0.2, 0.25) is 0 Å². The Morgan fingerprint density at radius 3 is 3.05 bits per heavy atom. The van der Waals surface area contributed by atoms with Crippen LogP contribution in [0.25, 0.3) is 5.82 Å². The van der Waals surface area contributed by atoms with Crippen LogP contribution in [0, 0.1) is 5.41 Å². The number of pyridine rings is 1. The van der Waals surface area contributed by atoms with E-state index in [1.807, 2.05) is 6.07 Å². The third kappa shape index (κ3) is 2.81. The first-order valence-electron chi connectivity index (χ1n) is 7.21. The maximum Gasteiger partial charge on any atom is 0.178 e. The summed E-state index contributed by atoms with van der Waals surface area (Å²) in [6.07, 6.45) is 10.00. The highest BCUT2D eigenvalue weighted by molar-refractivity contribution is 5.56. The van der Waals surface area contributed by atoms with E-state index < -0.39 is 0 Å². The van der Waals surface area contributed by atoms with E-state index in [-0.39, 0.29) is 0 Å². The predicted molar refractivity (Wildman–Crippen MR) is 78.8 cm³/mol. The lowest BCUT2D eigenvalue weighted by Gasteiger charge is -2.36. The van der Waals surface area contributed by atoms with Gasteiger partial charge in [0.05, 0.1) is 5.69 Å². The number of nitrogens with zero attached hydrogens (tertiary/aromatic N) is 4. The summed E-state index contributed by atoms with van der Waals surface area (Å²) in [4.78, 5) is 8.41. The molecule has 20 heavy (non-hydrogen) atoms. The highest BCUT2D eigenvalue weighted by atomic mass is 15.3. The molecule has 0 radical (unpaired) electrons. The summed E-state index contributed by atoms with van der Waals surface area (Å²) in [6.45, 7) is 4.70. The van der Waals surface area contributed by atoms with E-state index in [4.69, 9.17) is 0 Å². The van der Waals surface area contributed by atoms with Crippen LogP contribution >= 0.6 is 0 Å². The van der Waals surface area contributed by atoms with Crippen LogP contribution in [-0.4, -0.2) is 25.8 Å². The fraction of sp³-hybridized carbons (Fsp3) is 0.533. The van der Waals surface area contributed by atoms with Gasteiger partial charge in [0.15, 0.2) is 5.82 Å². The Bertz CT molecular complexity index is 561. The minimum absolute atomic E-state index is 0.422. The summed E-state index contributed by atoms with van der Waals surface area (Å²) >= 11 is 0. The lowest BCUT2D eigenvalue weighted by molar-refractivity contribution is 0.229. The summed E-state index contributed by atoms with van der Waals surface area (Å²) in [5, 5.41) is 7.81. The van der Waals surface area contributed by atoms with Crippen molar-refractivity contribution in [3.8, 4) is 5.82 Å². The molecule has 0 bridgehead atoms. The van der Waals surface area contributed by atoms with Gasteiger partial charge in [-0.25, -0.2) is 14.6 Å². The fourth-order valence-corrected chi connectivity index (χ4v) is 3.05. The minimum Gasteiger partial charge on any atom is -0.379 e. The normalized spacial score (nSPS) is 21.6. The van der Waals surface area contributed by atoms with Gasteiger partial charge in [0.25, 0.3) is 0 Å². The molecule has 1 saturated carbocycles. The molecule has 1 aliphatic carbocycles. The van der Waals surface area contributed by atoms with E-state index in [1.54, 1.807) is 17.2 Å². The van der Waals surface area contributed by atoms with E-state index >= 15 is 0 Å². The lowest BCUT2D eigenvalue weighted by atomic mass is 9.75. The smallest absolute Gasteiger partial charge is 0.178 e. The molecule has 1 atom stereocenters. The number of hydrogen-bond donors (Lipinski definition) is 1. The SMILES string of the molecule is CC1(C)CCCC(Nc2cccnc2-n2cncn2)C1. The molecule has 0 spiro atoms. The Hall–Kier alpha value is -1.91. The van der Waals surface area contributed by atoms with Gasteiger partial charge in [0.2, 0.25) is 0 Å². The molecule has 0 aliphatic heterocycles. The topological polar surface area (TPSA) is 55.6 Å². The second-order valence-corrected chi connectivity index (χ2v) is 6.32. The van der Waals surface area contributed by atoms with Crippen LogP contribution in [0.4, 0.5) is 5.69 Å². The van der Waals surface area contributed by atoms with Crippen LogP contribution < -0.4 is 5.32 Å². The third-order valence-electron chi connectivity index (χ3n) is 3.99. The van der Waals surface area contributed by atoms with Crippen molar-refractivity contribution in [1.29, 1.82) is 0 Å². The number of aromatic nitrogens is 4. The van der Waals surface area contributed by atoms with Gasteiger partial charge < -0.3 is 5.32 Å². The van der Waals surface area contributed by atoms with Crippen LogP contribution in [0.5, 0.6) is 0 Å². The first-order valence-corrected chi connectivity index (χ1v) is 7.21. The molecule has 3 rings (SSSR count). The zero-order valence-electron chi connectivity index (χ0n) is 12.1. The molecule has 2 aromatic rings. The van der Waals surface area contributed by atoms with Gasteiger partial charge in [-0.1, -0.05) is 20.3 Å². The molecule has 0 aromatic carbocycles. The first kappa shape index (κ1) is 13.1. The summed E-state index contributed by atoms with van der Waals surface area (Å²) in [6, 6.07) is 4.52. The zero-order valence-corrected chi connectivity index (χ0v) is 12.1. The molecular weight excluding hydrogens is 250 g/mol. The molecule has 0 saturated heterocycles. The second-order valence-electron chi connectivity index (χ2n) is 6.32. The Morgan fingerprint density at radius 1 is 1.40 bits per heavy atom. The van der Waals surface area contributed by atoms with Crippen LogP contribution in [0.3, 0.4) is 0 Å². The molecule has 1 N–H and O–H groups in total. The highest BCUT2D eigenvalue weighted by Gasteiger charge is 2.28. The van der Waals surface area contributed by atoms with Crippen molar-refractivity contribution in [3.63, 3.8) is 0 Å². The average molecular weight is 271 g/mol. The monoisotopic (exact) mass is 271 g/mol.